The third-order valence-corrected chi connectivity index (χ3v) is 2.75. The number of rotatable bonds is 4. The highest BCUT2D eigenvalue weighted by atomic mass is 19.4. The fourth-order valence-corrected chi connectivity index (χ4v) is 1.71. The molecule has 1 rings (SSSR count). The average molecular weight is 339 g/mol. The predicted octanol–water partition coefficient (Wildman–Crippen LogP) is 3.16. The van der Waals surface area contributed by atoms with E-state index in [2.05, 4.69) is 10.6 Å². The van der Waals surface area contributed by atoms with E-state index in [1.54, 1.807) is 6.07 Å². The second-order valence-electron chi connectivity index (χ2n) is 4.50. The highest BCUT2D eigenvalue weighted by Crippen LogP contribution is 2.41. The Morgan fingerprint density at radius 3 is 2.22 bits per heavy atom. The zero-order valence-electron chi connectivity index (χ0n) is 11.6. The van der Waals surface area contributed by atoms with Crippen molar-refractivity contribution in [2.24, 2.45) is 0 Å². The van der Waals surface area contributed by atoms with E-state index in [0.29, 0.717) is 6.07 Å². The molecule has 1 aromatic rings. The molecule has 0 fully saturated rings. The summed E-state index contributed by atoms with van der Waals surface area (Å²) in [4.78, 5) is 11.5. The zero-order chi connectivity index (χ0) is 17.8. The molecule has 126 valence electrons. The molecule has 1 aromatic carbocycles. The lowest BCUT2D eigenvalue weighted by atomic mass is 10.1. The number of hydrogen-bond acceptors (Lipinski definition) is 3. The van der Waals surface area contributed by atoms with Gasteiger partial charge in [0.2, 0.25) is 5.91 Å². The first-order valence-corrected chi connectivity index (χ1v) is 6.16. The van der Waals surface area contributed by atoms with Crippen molar-refractivity contribution in [2.75, 3.05) is 11.9 Å². The number of nitrogens with zero attached hydrogens (tertiary/aromatic N) is 1. The van der Waals surface area contributed by atoms with Crippen molar-refractivity contribution in [3.05, 3.63) is 29.3 Å². The van der Waals surface area contributed by atoms with Crippen LogP contribution < -0.4 is 10.6 Å². The van der Waals surface area contributed by atoms with Crippen molar-refractivity contribution in [3.63, 3.8) is 0 Å². The molecule has 0 aliphatic heterocycles. The molecule has 0 aliphatic carbocycles. The second kappa shape index (κ2) is 6.76. The number of amides is 1. The minimum Gasteiger partial charge on any atom is -0.374 e. The van der Waals surface area contributed by atoms with Crippen molar-refractivity contribution in [2.45, 2.75) is 25.3 Å². The minimum absolute atomic E-state index is 0.289. The summed E-state index contributed by atoms with van der Waals surface area (Å²) in [5.74, 6) is -0.681. The average Bonchev–Trinajstić information content (AvgIpc) is 2.42. The number of carbonyl (C=O) groups is 1. The molecule has 0 radical (unpaired) electrons. The van der Waals surface area contributed by atoms with Gasteiger partial charge in [-0.2, -0.15) is 31.6 Å². The summed E-state index contributed by atoms with van der Waals surface area (Å²) < 4.78 is 76.2. The number of benzene rings is 1. The molecule has 23 heavy (non-hydrogen) atoms. The Labute approximate surface area is 127 Å². The number of carbonyl (C=O) groups excluding carboxylic acids is 1. The summed E-state index contributed by atoms with van der Waals surface area (Å²) in [7, 11) is 0. The number of alkyl halides is 6. The first kappa shape index (κ1) is 18.6. The van der Waals surface area contributed by atoms with Gasteiger partial charge in [0, 0.05) is 5.69 Å². The van der Waals surface area contributed by atoms with Crippen LogP contribution in [0.25, 0.3) is 0 Å². The monoisotopic (exact) mass is 339 g/mol. The summed E-state index contributed by atoms with van der Waals surface area (Å²) in [6, 6.07) is 1.98. The standard InChI is InChI=1S/C13H11F6N3O/c1-7(11(23)21-5-4-20)22-8-2-3-9(12(14,15)16)10(6-8)13(17,18)19/h2-3,6-7,22H,5H2,1H3,(H,21,23). The van der Waals surface area contributed by atoms with E-state index in [0.717, 1.165) is 6.07 Å². The van der Waals surface area contributed by atoms with Gasteiger partial charge in [-0.25, -0.2) is 0 Å². The van der Waals surface area contributed by atoms with E-state index in [-0.39, 0.29) is 18.3 Å². The lowest BCUT2D eigenvalue weighted by Crippen LogP contribution is -2.37. The van der Waals surface area contributed by atoms with Crippen LogP contribution in [0.5, 0.6) is 0 Å². The Hall–Kier alpha value is -2.44. The first-order valence-electron chi connectivity index (χ1n) is 6.16. The van der Waals surface area contributed by atoms with Gasteiger partial charge < -0.3 is 10.6 Å². The number of nitriles is 1. The fraction of sp³-hybridized carbons (Fsp3) is 0.385. The lowest BCUT2D eigenvalue weighted by Gasteiger charge is -2.19. The van der Waals surface area contributed by atoms with Gasteiger partial charge in [-0.3, -0.25) is 4.79 Å². The summed E-state index contributed by atoms with van der Waals surface area (Å²) in [6.07, 6.45) is -10.4. The van der Waals surface area contributed by atoms with Gasteiger partial charge >= 0.3 is 12.4 Å². The van der Waals surface area contributed by atoms with Crippen LogP contribution in [0.1, 0.15) is 18.1 Å². The highest BCUT2D eigenvalue weighted by molar-refractivity contribution is 5.84. The van der Waals surface area contributed by atoms with Gasteiger partial charge in [0.15, 0.2) is 0 Å². The van der Waals surface area contributed by atoms with Gasteiger partial charge in [-0.05, 0) is 25.1 Å². The molecule has 0 heterocycles. The van der Waals surface area contributed by atoms with Crippen molar-refractivity contribution >= 4 is 11.6 Å². The van der Waals surface area contributed by atoms with E-state index in [1.165, 1.54) is 6.92 Å². The van der Waals surface area contributed by atoms with Crippen molar-refractivity contribution in [3.8, 4) is 6.07 Å². The van der Waals surface area contributed by atoms with Crippen LogP contribution in [0.3, 0.4) is 0 Å². The van der Waals surface area contributed by atoms with Crippen LogP contribution >= 0.6 is 0 Å². The molecule has 0 bridgehead atoms. The lowest BCUT2D eigenvalue weighted by molar-refractivity contribution is -0.162. The Balaban J connectivity index is 3.07. The Morgan fingerprint density at radius 1 is 1.17 bits per heavy atom. The third-order valence-electron chi connectivity index (χ3n) is 2.75. The number of hydrogen-bond donors (Lipinski definition) is 2. The second-order valence-corrected chi connectivity index (χ2v) is 4.50. The fourth-order valence-electron chi connectivity index (χ4n) is 1.71. The Morgan fingerprint density at radius 2 is 1.74 bits per heavy atom. The maximum Gasteiger partial charge on any atom is 0.417 e. The molecular weight excluding hydrogens is 328 g/mol. The maximum atomic E-state index is 12.8. The smallest absolute Gasteiger partial charge is 0.374 e. The number of nitrogens with one attached hydrogen (secondary N) is 2. The quantitative estimate of drug-likeness (QED) is 0.654. The summed E-state index contributed by atoms with van der Waals surface area (Å²) in [6.45, 7) is 0.989. The van der Waals surface area contributed by atoms with Crippen LogP contribution in [0, 0.1) is 11.3 Å². The summed E-state index contributed by atoms with van der Waals surface area (Å²) >= 11 is 0. The topological polar surface area (TPSA) is 64.9 Å². The van der Waals surface area contributed by atoms with Crippen LogP contribution in [0.2, 0.25) is 0 Å². The molecule has 0 spiro atoms. The molecule has 0 saturated carbocycles. The predicted molar refractivity (Wildman–Crippen MR) is 68.2 cm³/mol. The highest BCUT2D eigenvalue weighted by Gasteiger charge is 2.43. The van der Waals surface area contributed by atoms with E-state index < -0.39 is 35.4 Å². The van der Waals surface area contributed by atoms with E-state index in [1.807, 2.05) is 0 Å². The third kappa shape index (κ3) is 5.05. The van der Waals surface area contributed by atoms with Crippen molar-refractivity contribution < 1.29 is 31.1 Å². The van der Waals surface area contributed by atoms with Crippen molar-refractivity contribution in [1.82, 2.24) is 5.32 Å². The number of anilines is 1. The van der Waals surface area contributed by atoms with Gasteiger partial charge in [-0.15, -0.1) is 0 Å². The van der Waals surface area contributed by atoms with Crippen LogP contribution in [0.15, 0.2) is 18.2 Å². The van der Waals surface area contributed by atoms with Crippen molar-refractivity contribution in [1.29, 1.82) is 5.26 Å². The number of halogens is 6. The molecule has 0 aliphatic rings. The van der Waals surface area contributed by atoms with Gasteiger partial charge in [-0.1, -0.05) is 0 Å². The van der Waals surface area contributed by atoms with Gasteiger partial charge in [0.05, 0.1) is 17.2 Å². The summed E-state index contributed by atoms with van der Waals surface area (Å²) in [5, 5.41) is 12.8. The molecule has 2 N–H and O–H groups in total. The maximum absolute atomic E-state index is 12.8. The molecule has 1 unspecified atom stereocenters. The first-order chi connectivity index (χ1) is 10.5. The molecule has 1 amide bonds. The van der Waals surface area contributed by atoms with Crippen LogP contribution in [-0.2, 0) is 17.1 Å². The van der Waals surface area contributed by atoms with Crippen LogP contribution in [-0.4, -0.2) is 18.5 Å². The minimum atomic E-state index is -5.20. The van der Waals surface area contributed by atoms with E-state index >= 15 is 0 Å². The summed E-state index contributed by atoms with van der Waals surface area (Å²) in [5.41, 5.74) is -3.96. The molecule has 4 nitrogen and oxygen atoms in total. The SMILES string of the molecule is CC(Nc1ccc(C(F)(F)F)c(C(F)(F)F)c1)C(=O)NCC#N. The van der Waals surface area contributed by atoms with Gasteiger partial charge in [0.25, 0.3) is 0 Å². The molecule has 10 heteroatoms. The Kier molecular flexibility index (Phi) is 5.47. The van der Waals surface area contributed by atoms with E-state index in [4.69, 9.17) is 5.26 Å². The van der Waals surface area contributed by atoms with E-state index in [9.17, 15) is 31.1 Å². The normalized spacial score (nSPS) is 13.1. The molecule has 0 aromatic heterocycles. The molecular formula is C13H11F6N3O. The zero-order valence-corrected chi connectivity index (χ0v) is 11.6. The van der Waals surface area contributed by atoms with Crippen LogP contribution in [0.4, 0.5) is 32.0 Å². The Bertz CT molecular complexity index is 618. The van der Waals surface area contributed by atoms with Gasteiger partial charge in [0.1, 0.15) is 12.6 Å². The largest absolute Gasteiger partial charge is 0.417 e. The molecule has 0 saturated heterocycles. The molecule has 1 atom stereocenters.